The number of carbonyl (C=O) groups excluding carboxylic acids is 2. The molecule has 1 aliphatic rings. The van der Waals surface area contributed by atoms with Crippen molar-refractivity contribution in [2.24, 2.45) is 0 Å². The largest absolute Gasteiger partial charge is 0.321 e. The van der Waals surface area contributed by atoms with Crippen LogP contribution in [0.25, 0.3) is 10.8 Å². The van der Waals surface area contributed by atoms with Gasteiger partial charge in [-0.15, -0.1) is 0 Å². The molecule has 0 spiro atoms. The highest BCUT2D eigenvalue weighted by Gasteiger charge is 2.24. The Bertz CT molecular complexity index is 898. The van der Waals surface area contributed by atoms with Gasteiger partial charge in [0.1, 0.15) is 0 Å². The second-order valence-corrected chi connectivity index (χ2v) is 5.04. The lowest BCUT2D eigenvalue weighted by atomic mass is 9.95. The summed E-state index contributed by atoms with van der Waals surface area (Å²) in [5.41, 5.74) is 2.68. The molecular formula is C18H11NO2. The minimum Gasteiger partial charge on any atom is -0.321 e. The summed E-state index contributed by atoms with van der Waals surface area (Å²) >= 11 is 0. The van der Waals surface area contributed by atoms with E-state index in [4.69, 9.17) is 0 Å². The summed E-state index contributed by atoms with van der Waals surface area (Å²) in [6.45, 7) is 0. The van der Waals surface area contributed by atoms with E-state index >= 15 is 0 Å². The molecule has 100 valence electrons. The van der Waals surface area contributed by atoms with Crippen LogP contribution in [0.4, 0.5) is 5.69 Å². The first-order valence-electron chi connectivity index (χ1n) is 6.72. The predicted octanol–water partition coefficient (Wildman–Crippen LogP) is 3.64. The molecule has 0 aromatic heterocycles. The van der Waals surface area contributed by atoms with Gasteiger partial charge >= 0.3 is 0 Å². The lowest BCUT2D eigenvalue weighted by molar-refractivity contribution is 0.102. The van der Waals surface area contributed by atoms with Crippen molar-refractivity contribution in [1.82, 2.24) is 0 Å². The maximum absolute atomic E-state index is 12.7. The zero-order valence-corrected chi connectivity index (χ0v) is 11.1. The monoisotopic (exact) mass is 273 g/mol. The van der Waals surface area contributed by atoms with Gasteiger partial charge in [-0.2, -0.15) is 0 Å². The lowest BCUT2D eigenvalue weighted by Gasteiger charge is -2.07. The van der Waals surface area contributed by atoms with Crippen molar-refractivity contribution in [3.8, 4) is 0 Å². The van der Waals surface area contributed by atoms with Crippen LogP contribution in [-0.2, 0) is 0 Å². The highest BCUT2D eigenvalue weighted by Crippen LogP contribution is 2.35. The third-order valence-corrected chi connectivity index (χ3v) is 3.81. The highest BCUT2D eigenvalue weighted by atomic mass is 16.2. The van der Waals surface area contributed by atoms with E-state index in [2.05, 4.69) is 5.32 Å². The lowest BCUT2D eigenvalue weighted by Crippen LogP contribution is -2.05. The Morgan fingerprint density at radius 1 is 0.857 bits per heavy atom. The van der Waals surface area contributed by atoms with Crippen LogP contribution in [0.1, 0.15) is 26.3 Å². The van der Waals surface area contributed by atoms with Gasteiger partial charge in [0, 0.05) is 27.8 Å². The Morgan fingerprint density at radius 2 is 1.67 bits per heavy atom. The van der Waals surface area contributed by atoms with Crippen LogP contribution in [0, 0.1) is 0 Å². The maximum Gasteiger partial charge on any atom is 0.256 e. The number of ketones is 1. The molecule has 0 radical (unpaired) electrons. The summed E-state index contributed by atoms with van der Waals surface area (Å²) < 4.78 is 0. The number of benzene rings is 3. The molecule has 21 heavy (non-hydrogen) atoms. The van der Waals surface area contributed by atoms with E-state index in [1.165, 1.54) is 0 Å². The normalized spacial score (nSPS) is 12.5. The van der Waals surface area contributed by atoms with Crippen molar-refractivity contribution in [3.63, 3.8) is 0 Å². The minimum absolute atomic E-state index is 0.0290. The molecule has 3 aromatic carbocycles. The zero-order chi connectivity index (χ0) is 14.4. The summed E-state index contributed by atoms with van der Waals surface area (Å²) in [6, 6.07) is 18.2. The molecule has 1 aliphatic heterocycles. The Kier molecular flexibility index (Phi) is 2.42. The van der Waals surface area contributed by atoms with Gasteiger partial charge in [0.2, 0.25) is 0 Å². The van der Waals surface area contributed by atoms with Crippen LogP contribution < -0.4 is 5.32 Å². The molecular weight excluding hydrogens is 262 g/mol. The molecule has 0 saturated heterocycles. The quantitative estimate of drug-likeness (QED) is 0.725. The fourth-order valence-electron chi connectivity index (χ4n) is 2.83. The molecule has 3 heteroatoms. The summed E-state index contributed by atoms with van der Waals surface area (Å²) in [6.07, 6.45) is 0. The number of carbonyl (C=O) groups is 2. The van der Waals surface area contributed by atoms with Crippen molar-refractivity contribution in [3.05, 3.63) is 77.4 Å². The van der Waals surface area contributed by atoms with Crippen LogP contribution in [0.15, 0.2) is 60.7 Å². The Balaban J connectivity index is 1.98. The Hall–Kier alpha value is -2.94. The standard InChI is InChI=1S/C18H11NO2/c20-17(11-5-2-1-3-6-11)13-9-10-14-16-12(13)7-4-8-15(16)19-18(14)21/h1-10H,(H,19,21). The van der Waals surface area contributed by atoms with E-state index in [0.29, 0.717) is 16.7 Å². The summed E-state index contributed by atoms with van der Waals surface area (Å²) in [7, 11) is 0. The van der Waals surface area contributed by atoms with Crippen molar-refractivity contribution in [1.29, 1.82) is 0 Å². The van der Waals surface area contributed by atoms with Gasteiger partial charge < -0.3 is 5.32 Å². The number of hydrogen-bond donors (Lipinski definition) is 1. The van der Waals surface area contributed by atoms with Crippen molar-refractivity contribution < 1.29 is 9.59 Å². The second-order valence-electron chi connectivity index (χ2n) is 5.04. The van der Waals surface area contributed by atoms with Gasteiger partial charge in [0.05, 0.1) is 0 Å². The summed E-state index contributed by atoms with van der Waals surface area (Å²) in [4.78, 5) is 24.6. The van der Waals surface area contributed by atoms with Crippen molar-refractivity contribution >= 4 is 28.2 Å². The Morgan fingerprint density at radius 3 is 2.48 bits per heavy atom. The van der Waals surface area contributed by atoms with Crippen LogP contribution in [0.2, 0.25) is 0 Å². The van der Waals surface area contributed by atoms with E-state index < -0.39 is 0 Å². The van der Waals surface area contributed by atoms with E-state index in [0.717, 1.165) is 16.5 Å². The number of rotatable bonds is 2. The van der Waals surface area contributed by atoms with Gasteiger partial charge in [-0.05, 0) is 23.6 Å². The molecule has 3 nitrogen and oxygen atoms in total. The average molecular weight is 273 g/mol. The van der Waals surface area contributed by atoms with Gasteiger partial charge in [-0.3, -0.25) is 9.59 Å². The average Bonchev–Trinajstić information content (AvgIpc) is 2.86. The molecule has 0 bridgehead atoms. The third-order valence-electron chi connectivity index (χ3n) is 3.81. The Labute approximate surface area is 121 Å². The third kappa shape index (κ3) is 1.68. The molecule has 4 rings (SSSR count). The zero-order valence-electron chi connectivity index (χ0n) is 11.1. The van der Waals surface area contributed by atoms with Crippen LogP contribution >= 0.6 is 0 Å². The fourth-order valence-corrected chi connectivity index (χ4v) is 2.83. The predicted molar refractivity (Wildman–Crippen MR) is 81.8 cm³/mol. The minimum atomic E-state index is -0.111. The van der Waals surface area contributed by atoms with Crippen LogP contribution in [-0.4, -0.2) is 11.7 Å². The van der Waals surface area contributed by atoms with Crippen LogP contribution in [0.3, 0.4) is 0 Å². The molecule has 0 unspecified atom stereocenters. The number of amides is 1. The van der Waals surface area contributed by atoms with E-state index in [-0.39, 0.29) is 11.7 Å². The van der Waals surface area contributed by atoms with E-state index in [9.17, 15) is 9.59 Å². The highest BCUT2D eigenvalue weighted by molar-refractivity contribution is 6.28. The number of anilines is 1. The molecule has 0 atom stereocenters. The molecule has 1 amide bonds. The first-order valence-corrected chi connectivity index (χ1v) is 6.72. The SMILES string of the molecule is O=C(c1ccccc1)c1ccc2c3c(cccc13)NC2=O. The number of hydrogen-bond acceptors (Lipinski definition) is 2. The van der Waals surface area contributed by atoms with Gasteiger partial charge in [0.25, 0.3) is 5.91 Å². The van der Waals surface area contributed by atoms with Crippen LogP contribution in [0.5, 0.6) is 0 Å². The first-order chi connectivity index (χ1) is 10.3. The fraction of sp³-hybridized carbons (Fsp3) is 0. The summed E-state index contributed by atoms with van der Waals surface area (Å²) in [5, 5.41) is 4.48. The van der Waals surface area contributed by atoms with E-state index in [1.807, 2.05) is 36.4 Å². The molecule has 0 saturated carbocycles. The smallest absolute Gasteiger partial charge is 0.256 e. The number of nitrogens with one attached hydrogen (secondary N) is 1. The topological polar surface area (TPSA) is 46.2 Å². The van der Waals surface area contributed by atoms with E-state index in [1.54, 1.807) is 24.3 Å². The first kappa shape index (κ1) is 11.9. The molecule has 1 N–H and O–H groups in total. The maximum atomic E-state index is 12.7. The van der Waals surface area contributed by atoms with Gasteiger partial charge in [-0.1, -0.05) is 42.5 Å². The molecule has 3 aromatic rings. The summed E-state index contributed by atoms with van der Waals surface area (Å²) in [5.74, 6) is -0.140. The van der Waals surface area contributed by atoms with Gasteiger partial charge in [-0.25, -0.2) is 0 Å². The van der Waals surface area contributed by atoms with Crippen molar-refractivity contribution in [2.75, 3.05) is 5.32 Å². The van der Waals surface area contributed by atoms with Gasteiger partial charge in [0.15, 0.2) is 5.78 Å². The second kappa shape index (κ2) is 4.28. The molecule has 0 aliphatic carbocycles. The molecule has 1 heterocycles. The molecule has 0 fully saturated rings. The van der Waals surface area contributed by atoms with Crippen molar-refractivity contribution in [2.45, 2.75) is 0 Å².